The summed E-state index contributed by atoms with van der Waals surface area (Å²) in [5.41, 5.74) is 1.32. The van der Waals surface area contributed by atoms with Gasteiger partial charge in [0.15, 0.2) is 0 Å². The van der Waals surface area contributed by atoms with Crippen LogP contribution in [-0.4, -0.2) is 21.8 Å². The van der Waals surface area contributed by atoms with E-state index < -0.39 is 0 Å². The smallest absolute Gasteiger partial charge is 0.138 e. The van der Waals surface area contributed by atoms with Crippen molar-refractivity contribution in [2.24, 2.45) is 0 Å². The Morgan fingerprint density at radius 3 is 3.06 bits per heavy atom. The second-order valence-corrected chi connectivity index (χ2v) is 4.78. The number of hydrogen-bond acceptors (Lipinski definition) is 4. The first-order chi connectivity index (χ1) is 8.35. The summed E-state index contributed by atoms with van der Waals surface area (Å²) in [5, 5.41) is 11.9. The van der Waals surface area contributed by atoms with Crippen LogP contribution in [0.2, 0.25) is 0 Å². The first-order valence-electron chi connectivity index (χ1n) is 5.91. The molecule has 0 saturated carbocycles. The molecule has 0 aromatic carbocycles. The molecule has 4 nitrogen and oxygen atoms in total. The van der Waals surface area contributed by atoms with Gasteiger partial charge in [-0.05, 0) is 35.9 Å². The zero-order chi connectivity index (χ0) is 12.1. The van der Waals surface area contributed by atoms with Gasteiger partial charge in [-0.3, -0.25) is 4.68 Å². The molecule has 2 aromatic rings. The van der Waals surface area contributed by atoms with Gasteiger partial charge in [0, 0.05) is 19.0 Å². The monoisotopic (exact) mass is 250 g/mol. The lowest BCUT2D eigenvalue weighted by Gasteiger charge is -2.14. The first kappa shape index (κ1) is 12.3. The summed E-state index contributed by atoms with van der Waals surface area (Å²) in [6, 6.07) is 2.48. The number of hydrogen-bond donors (Lipinski definition) is 1. The Balaban J connectivity index is 2.10. The molecule has 0 aliphatic heterocycles. The van der Waals surface area contributed by atoms with Crippen molar-refractivity contribution in [1.82, 2.24) is 20.1 Å². The topological polar surface area (TPSA) is 42.7 Å². The van der Waals surface area contributed by atoms with Gasteiger partial charge in [0.05, 0.1) is 0 Å². The maximum absolute atomic E-state index is 4.35. The summed E-state index contributed by atoms with van der Waals surface area (Å²) < 4.78 is 2.00. The number of thiophene rings is 1. The molecule has 0 radical (unpaired) electrons. The van der Waals surface area contributed by atoms with Gasteiger partial charge in [0.1, 0.15) is 12.2 Å². The lowest BCUT2D eigenvalue weighted by molar-refractivity contribution is 0.517. The van der Waals surface area contributed by atoms with Gasteiger partial charge in [-0.1, -0.05) is 6.92 Å². The van der Waals surface area contributed by atoms with E-state index >= 15 is 0 Å². The van der Waals surface area contributed by atoms with Crippen LogP contribution >= 0.6 is 11.3 Å². The molecule has 0 saturated heterocycles. The minimum absolute atomic E-state index is 0.320. The molecule has 1 unspecified atom stereocenters. The molecule has 2 rings (SSSR count). The second kappa shape index (κ2) is 5.93. The Labute approximate surface area is 106 Å². The molecular formula is C12H18N4S. The van der Waals surface area contributed by atoms with E-state index in [4.69, 9.17) is 0 Å². The standard InChI is InChI=1S/C12H18N4S/c1-3-5-16-12(14-9-15-16)7-11(13-2)10-4-6-17-8-10/h4,6,8-9,11,13H,3,5,7H2,1-2H3. The molecule has 2 aromatic heterocycles. The quantitative estimate of drug-likeness (QED) is 0.855. The summed E-state index contributed by atoms with van der Waals surface area (Å²) >= 11 is 1.73. The first-order valence-corrected chi connectivity index (χ1v) is 6.85. The highest BCUT2D eigenvalue weighted by Gasteiger charge is 2.14. The van der Waals surface area contributed by atoms with Gasteiger partial charge in [-0.2, -0.15) is 16.4 Å². The van der Waals surface area contributed by atoms with Gasteiger partial charge in [-0.25, -0.2) is 4.98 Å². The third-order valence-corrected chi connectivity index (χ3v) is 3.51. The molecule has 1 N–H and O–H groups in total. The average molecular weight is 250 g/mol. The Bertz CT molecular complexity index is 435. The highest BCUT2D eigenvalue weighted by Crippen LogP contribution is 2.19. The van der Waals surface area contributed by atoms with Crippen molar-refractivity contribution in [1.29, 1.82) is 0 Å². The number of rotatable bonds is 6. The molecule has 92 valence electrons. The van der Waals surface area contributed by atoms with Crippen LogP contribution in [0.3, 0.4) is 0 Å². The maximum atomic E-state index is 4.35. The third-order valence-electron chi connectivity index (χ3n) is 2.81. The molecule has 0 spiro atoms. The number of aromatic nitrogens is 3. The Morgan fingerprint density at radius 1 is 1.53 bits per heavy atom. The van der Waals surface area contributed by atoms with Crippen LogP contribution in [0.25, 0.3) is 0 Å². The minimum atomic E-state index is 0.320. The minimum Gasteiger partial charge on any atom is -0.313 e. The van der Waals surface area contributed by atoms with Crippen LogP contribution < -0.4 is 5.32 Å². The predicted octanol–water partition coefficient (Wildman–Crippen LogP) is 2.25. The highest BCUT2D eigenvalue weighted by molar-refractivity contribution is 7.07. The van der Waals surface area contributed by atoms with Gasteiger partial charge in [-0.15, -0.1) is 0 Å². The van der Waals surface area contributed by atoms with Crippen molar-refractivity contribution in [2.45, 2.75) is 32.4 Å². The number of likely N-dealkylation sites (N-methyl/N-ethyl adjacent to an activating group) is 1. The van der Waals surface area contributed by atoms with Gasteiger partial charge >= 0.3 is 0 Å². The van der Waals surface area contributed by atoms with Gasteiger partial charge in [0.2, 0.25) is 0 Å². The zero-order valence-corrected chi connectivity index (χ0v) is 11.1. The van der Waals surface area contributed by atoms with Gasteiger partial charge < -0.3 is 5.32 Å². The average Bonchev–Trinajstić information content (AvgIpc) is 2.97. The summed E-state index contributed by atoms with van der Waals surface area (Å²) in [5.74, 6) is 1.05. The molecule has 5 heteroatoms. The van der Waals surface area contributed by atoms with Crippen LogP contribution in [0, 0.1) is 0 Å². The molecule has 0 aliphatic rings. The fourth-order valence-electron chi connectivity index (χ4n) is 1.89. The Hall–Kier alpha value is -1.20. The van der Waals surface area contributed by atoms with E-state index in [1.807, 2.05) is 11.7 Å². The fourth-order valence-corrected chi connectivity index (χ4v) is 2.60. The van der Waals surface area contributed by atoms with Crippen molar-refractivity contribution >= 4 is 11.3 Å². The highest BCUT2D eigenvalue weighted by atomic mass is 32.1. The van der Waals surface area contributed by atoms with Crippen LogP contribution in [0.5, 0.6) is 0 Å². The van der Waals surface area contributed by atoms with Crippen LogP contribution in [0.4, 0.5) is 0 Å². The number of aryl methyl sites for hydroxylation is 1. The lowest BCUT2D eigenvalue weighted by Crippen LogP contribution is -2.20. The van der Waals surface area contributed by atoms with Crippen molar-refractivity contribution in [3.8, 4) is 0 Å². The van der Waals surface area contributed by atoms with Gasteiger partial charge in [0.25, 0.3) is 0 Å². The normalized spacial score (nSPS) is 12.8. The summed E-state index contributed by atoms with van der Waals surface area (Å²) in [6.45, 7) is 3.09. The van der Waals surface area contributed by atoms with Crippen LogP contribution in [-0.2, 0) is 13.0 Å². The van der Waals surface area contributed by atoms with E-state index in [1.165, 1.54) is 5.56 Å². The lowest BCUT2D eigenvalue weighted by atomic mass is 10.1. The van der Waals surface area contributed by atoms with Crippen LogP contribution in [0.1, 0.15) is 30.8 Å². The van der Waals surface area contributed by atoms with E-state index in [2.05, 4.69) is 39.1 Å². The third kappa shape index (κ3) is 2.92. The summed E-state index contributed by atoms with van der Waals surface area (Å²) in [6.07, 6.45) is 3.61. The summed E-state index contributed by atoms with van der Waals surface area (Å²) in [7, 11) is 1.99. The number of nitrogens with one attached hydrogen (secondary N) is 1. The van der Waals surface area contributed by atoms with E-state index in [9.17, 15) is 0 Å². The number of nitrogens with zero attached hydrogens (tertiary/aromatic N) is 3. The second-order valence-electron chi connectivity index (χ2n) is 4.00. The van der Waals surface area contributed by atoms with E-state index in [1.54, 1.807) is 17.7 Å². The predicted molar refractivity (Wildman–Crippen MR) is 70.1 cm³/mol. The molecule has 17 heavy (non-hydrogen) atoms. The molecule has 0 aliphatic carbocycles. The van der Waals surface area contributed by atoms with Crippen molar-refractivity contribution in [3.05, 3.63) is 34.5 Å². The van der Waals surface area contributed by atoms with Crippen molar-refractivity contribution < 1.29 is 0 Å². The van der Waals surface area contributed by atoms with Crippen molar-refractivity contribution in [3.63, 3.8) is 0 Å². The molecule has 0 amide bonds. The fraction of sp³-hybridized carbons (Fsp3) is 0.500. The van der Waals surface area contributed by atoms with Crippen molar-refractivity contribution in [2.75, 3.05) is 7.05 Å². The van der Waals surface area contributed by atoms with E-state index in [-0.39, 0.29) is 0 Å². The summed E-state index contributed by atoms with van der Waals surface area (Å²) in [4.78, 5) is 4.35. The molecular weight excluding hydrogens is 232 g/mol. The van der Waals surface area contributed by atoms with E-state index in [0.29, 0.717) is 6.04 Å². The molecule has 2 heterocycles. The SMILES string of the molecule is CCCn1ncnc1CC(NC)c1ccsc1. The molecule has 0 fully saturated rings. The largest absolute Gasteiger partial charge is 0.313 e. The van der Waals surface area contributed by atoms with Crippen LogP contribution in [0.15, 0.2) is 23.2 Å². The Morgan fingerprint density at radius 2 is 2.41 bits per heavy atom. The van der Waals surface area contributed by atoms with E-state index in [0.717, 1.165) is 25.2 Å². The molecule has 0 bridgehead atoms. The Kier molecular flexibility index (Phi) is 4.28. The molecule has 1 atom stereocenters. The zero-order valence-electron chi connectivity index (χ0n) is 10.3. The maximum Gasteiger partial charge on any atom is 0.138 e.